The Labute approximate surface area is 246 Å². The van der Waals surface area contributed by atoms with Crippen LogP contribution >= 0.6 is 0 Å². The molecule has 11 nitrogen and oxygen atoms in total. The van der Waals surface area contributed by atoms with Crippen molar-refractivity contribution in [3.8, 4) is 28.4 Å². The van der Waals surface area contributed by atoms with E-state index < -0.39 is 36.2 Å². The van der Waals surface area contributed by atoms with Crippen LogP contribution in [-0.2, 0) is 14.2 Å². The highest BCUT2D eigenvalue weighted by atomic mass is 16.8. The van der Waals surface area contributed by atoms with E-state index in [1.807, 2.05) is 24.3 Å². The normalized spacial score (nSPS) is 19.5. The molecule has 1 aromatic heterocycles. The molecule has 3 aromatic carbocycles. The lowest BCUT2D eigenvalue weighted by molar-refractivity contribution is -0.134. The van der Waals surface area contributed by atoms with Crippen LogP contribution in [0.1, 0.15) is 28.8 Å². The minimum Gasteiger partial charge on any atom is -0.497 e. The van der Waals surface area contributed by atoms with Gasteiger partial charge in [-0.3, -0.25) is 4.79 Å². The van der Waals surface area contributed by atoms with E-state index in [1.165, 1.54) is 0 Å². The van der Waals surface area contributed by atoms with E-state index in [9.17, 15) is 14.4 Å². The van der Waals surface area contributed by atoms with Crippen molar-refractivity contribution >= 4 is 28.7 Å². The van der Waals surface area contributed by atoms with Crippen molar-refractivity contribution < 1.29 is 42.4 Å². The molecule has 3 heterocycles. The van der Waals surface area contributed by atoms with E-state index >= 15 is 0 Å². The van der Waals surface area contributed by atoms with E-state index in [-0.39, 0.29) is 11.3 Å². The fourth-order valence-corrected chi connectivity index (χ4v) is 5.24. The average molecular weight is 588 g/mol. The second-order valence-corrected chi connectivity index (χ2v) is 10.1. The maximum atomic E-state index is 13.3. The van der Waals surface area contributed by atoms with Gasteiger partial charge in [0, 0.05) is 22.1 Å². The van der Waals surface area contributed by atoms with Gasteiger partial charge in [-0.2, -0.15) is 0 Å². The molecule has 1 unspecified atom stereocenters. The highest BCUT2D eigenvalue weighted by Gasteiger charge is 2.45. The number of hydrogen-bond acceptors (Lipinski definition) is 10. The first-order valence-corrected chi connectivity index (χ1v) is 13.7. The Kier molecular flexibility index (Phi) is 7.64. The summed E-state index contributed by atoms with van der Waals surface area (Å²) in [5.74, 6) is 1.13. The standard InChI is InChI=1S/C32H29NO10/c1-17-24(40-31-28-26(8-5-13-39-31)41-32(36)43-28)11-9-19-16-23(30(35)42-27(17)19)33-29(34)20-10-12-25(38-3)22(15-20)18-6-4-7-21(14-18)37-2/h4,6-7,9-12,14-16,26,28,31H,5,8,13H2,1-3H3,(H,33,34)/t26-,28-,31?/m1/s1. The molecule has 0 aliphatic carbocycles. The first-order valence-electron chi connectivity index (χ1n) is 13.7. The third kappa shape index (κ3) is 5.59. The van der Waals surface area contributed by atoms with Gasteiger partial charge in [-0.15, -0.1) is 0 Å². The molecule has 2 saturated heterocycles. The van der Waals surface area contributed by atoms with Crippen LogP contribution in [0.4, 0.5) is 10.5 Å². The van der Waals surface area contributed by atoms with Crippen LogP contribution < -0.4 is 25.2 Å². The number of amides is 1. The number of rotatable bonds is 7. The first-order chi connectivity index (χ1) is 20.8. The van der Waals surface area contributed by atoms with Gasteiger partial charge in [0.25, 0.3) is 5.91 Å². The molecule has 43 heavy (non-hydrogen) atoms. The van der Waals surface area contributed by atoms with Crippen LogP contribution in [0.25, 0.3) is 22.1 Å². The van der Waals surface area contributed by atoms with Crippen molar-refractivity contribution in [1.82, 2.24) is 0 Å². The van der Waals surface area contributed by atoms with Gasteiger partial charge in [0.15, 0.2) is 0 Å². The molecule has 222 valence electrons. The Morgan fingerprint density at radius 3 is 2.60 bits per heavy atom. The van der Waals surface area contributed by atoms with Gasteiger partial charge in [0.05, 0.1) is 20.8 Å². The summed E-state index contributed by atoms with van der Waals surface area (Å²) in [6.45, 7) is 2.15. The largest absolute Gasteiger partial charge is 0.509 e. The third-order valence-corrected chi connectivity index (χ3v) is 7.46. The van der Waals surface area contributed by atoms with Crippen LogP contribution in [0.15, 0.2) is 69.9 Å². The molecule has 0 bridgehead atoms. The second kappa shape index (κ2) is 11.7. The van der Waals surface area contributed by atoms with Crippen molar-refractivity contribution in [2.45, 2.75) is 38.3 Å². The fraction of sp³-hybridized carbons (Fsp3) is 0.281. The Morgan fingerprint density at radius 1 is 0.953 bits per heavy atom. The number of ether oxygens (including phenoxy) is 6. The number of benzene rings is 3. The highest BCUT2D eigenvalue weighted by molar-refractivity contribution is 6.05. The number of carbonyl (C=O) groups excluding carboxylic acids is 2. The average Bonchev–Trinajstić information content (AvgIpc) is 3.30. The maximum absolute atomic E-state index is 13.3. The zero-order chi connectivity index (χ0) is 30.1. The minimum absolute atomic E-state index is 0.0192. The number of fused-ring (bicyclic) bond motifs is 2. The molecule has 2 fully saturated rings. The molecule has 0 spiro atoms. The second-order valence-electron chi connectivity index (χ2n) is 10.1. The van der Waals surface area contributed by atoms with Gasteiger partial charge in [0.1, 0.15) is 34.6 Å². The van der Waals surface area contributed by atoms with E-state index in [0.717, 1.165) is 5.56 Å². The summed E-state index contributed by atoms with van der Waals surface area (Å²) >= 11 is 0. The third-order valence-electron chi connectivity index (χ3n) is 7.46. The molecule has 11 heteroatoms. The summed E-state index contributed by atoms with van der Waals surface area (Å²) in [5.41, 5.74) is 1.88. The molecule has 1 amide bonds. The van der Waals surface area contributed by atoms with Crippen LogP contribution in [0, 0.1) is 6.92 Å². The van der Waals surface area contributed by atoms with Crippen molar-refractivity contribution in [3.05, 3.63) is 82.2 Å². The van der Waals surface area contributed by atoms with Crippen molar-refractivity contribution in [3.63, 3.8) is 0 Å². The van der Waals surface area contributed by atoms with Crippen molar-refractivity contribution in [2.75, 3.05) is 26.1 Å². The minimum atomic E-state index is -0.883. The lowest BCUT2D eigenvalue weighted by atomic mass is 10.0. The van der Waals surface area contributed by atoms with Crippen LogP contribution in [-0.4, -0.2) is 51.4 Å². The quantitative estimate of drug-likeness (QED) is 0.220. The Balaban J connectivity index is 1.25. The lowest BCUT2D eigenvalue weighted by Crippen LogP contribution is -2.39. The molecule has 4 aromatic rings. The zero-order valence-electron chi connectivity index (χ0n) is 23.7. The lowest BCUT2D eigenvalue weighted by Gasteiger charge is -2.23. The topological polar surface area (TPSA) is 132 Å². The van der Waals surface area contributed by atoms with Gasteiger partial charge in [-0.25, -0.2) is 9.59 Å². The number of anilines is 1. The number of nitrogens with one attached hydrogen (secondary N) is 1. The molecule has 3 atom stereocenters. The van der Waals surface area contributed by atoms with Crippen molar-refractivity contribution in [2.24, 2.45) is 0 Å². The molecule has 6 rings (SSSR count). The number of hydrogen-bond donors (Lipinski definition) is 1. The SMILES string of the molecule is COc1cccc(-c2cc(C(=O)Nc3cc4ccc(OC5OCCC[C@H]6OC(=O)O[C@@H]56)c(C)c4oc3=O)ccc2OC)c1. The monoisotopic (exact) mass is 587 g/mol. The van der Waals surface area contributed by atoms with Gasteiger partial charge < -0.3 is 38.2 Å². The molecular weight excluding hydrogens is 558 g/mol. The van der Waals surface area contributed by atoms with E-state index in [4.69, 9.17) is 32.8 Å². The Bertz CT molecular complexity index is 1760. The summed E-state index contributed by atoms with van der Waals surface area (Å²) in [6, 6.07) is 17.3. The summed E-state index contributed by atoms with van der Waals surface area (Å²) in [6.07, 6.45) is -1.51. The highest BCUT2D eigenvalue weighted by Crippen LogP contribution is 2.34. The van der Waals surface area contributed by atoms with E-state index in [1.54, 1.807) is 57.5 Å². The smallest absolute Gasteiger partial charge is 0.497 e. The predicted octanol–water partition coefficient (Wildman–Crippen LogP) is 5.46. The molecule has 0 radical (unpaired) electrons. The molecule has 0 saturated carbocycles. The number of methoxy groups -OCH3 is 2. The predicted molar refractivity (Wildman–Crippen MR) is 155 cm³/mol. The maximum Gasteiger partial charge on any atom is 0.509 e. The fourth-order valence-electron chi connectivity index (χ4n) is 5.24. The summed E-state index contributed by atoms with van der Waals surface area (Å²) < 4.78 is 38.9. The Hall–Kier alpha value is -5.03. The van der Waals surface area contributed by atoms with Crippen LogP contribution in [0.5, 0.6) is 17.2 Å². The molecule has 2 aliphatic rings. The molecular formula is C32H29NO10. The van der Waals surface area contributed by atoms with Gasteiger partial charge in [-0.05, 0) is 73.9 Å². The van der Waals surface area contributed by atoms with Crippen LogP contribution in [0.2, 0.25) is 0 Å². The van der Waals surface area contributed by atoms with E-state index in [2.05, 4.69) is 5.32 Å². The summed E-state index contributed by atoms with van der Waals surface area (Å²) in [7, 11) is 3.13. The first kappa shape index (κ1) is 28.1. The van der Waals surface area contributed by atoms with Crippen molar-refractivity contribution in [1.29, 1.82) is 0 Å². The van der Waals surface area contributed by atoms with Gasteiger partial charge in [0.2, 0.25) is 12.4 Å². The van der Waals surface area contributed by atoms with Gasteiger partial charge >= 0.3 is 11.8 Å². The number of aryl methyl sites for hydroxylation is 1. The molecule has 1 N–H and O–H groups in total. The Morgan fingerprint density at radius 2 is 1.79 bits per heavy atom. The molecule has 2 aliphatic heterocycles. The van der Waals surface area contributed by atoms with E-state index in [0.29, 0.717) is 58.8 Å². The number of carbonyl (C=O) groups is 2. The summed E-state index contributed by atoms with van der Waals surface area (Å²) in [5, 5.41) is 3.24. The van der Waals surface area contributed by atoms with Gasteiger partial charge in [-0.1, -0.05) is 12.1 Å². The van der Waals surface area contributed by atoms with Crippen LogP contribution in [0.3, 0.4) is 0 Å². The zero-order valence-corrected chi connectivity index (χ0v) is 23.7. The summed E-state index contributed by atoms with van der Waals surface area (Å²) in [4.78, 5) is 37.9.